The molecule has 0 aliphatic carbocycles. The van der Waals surface area contributed by atoms with Crippen molar-refractivity contribution in [2.45, 2.75) is 26.7 Å². The third kappa shape index (κ3) is 3.18. The van der Waals surface area contributed by atoms with E-state index in [4.69, 9.17) is 18.9 Å². The van der Waals surface area contributed by atoms with Crippen LogP contribution in [-0.2, 0) is 12.8 Å². The fraction of sp³-hybridized carbons (Fsp3) is 0.400. The molecule has 132 valence electrons. The van der Waals surface area contributed by atoms with E-state index >= 15 is 0 Å². The number of hydrogen-bond acceptors (Lipinski definition) is 5. The van der Waals surface area contributed by atoms with E-state index in [0.29, 0.717) is 30.1 Å². The van der Waals surface area contributed by atoms with Crippen molar-refractivity contribution in [1.29, 1.82) is 0 Å². The van der Waals surface area contributed by atoms with E-state index in [1.54, 1.807) is 6.07 Å². The molecule has 2 aliphatic rings. The Kier molecular flexibility index (Phi) is 4.07. The first-order valence-corrected chi connectivity index (χ1v) is 8.60. The van der Waals surface area contributed by atoms with Crippen molar-refractivity contribution < 1.29 is 24.1 Å². The van der Waals surface area contributed by atoms with Gasteiger partial charge in [0.2, 0.25) is 19.3 Å². The zero-order valence-electron chi connectivity index (χ0n) is 14.5. The molecule has 2 heterocycles. The first-order chi connectivity index (χ1) is 12.1. The van der Waals surface area contributed by atoms with E-state index in [0.717, 1.165) is 29.9 Å². The largest absolute Gasteiger partial charge is 0.504 e. The first-order valence-electron chi connectivity index (χ1n) is 8.60. The van der Waals surface area contributed by atoms with E-state index in [-0.39, 0.29) is 12.5 Å². The maximum atomic E-state index is 10.1. The van der Waals surface area contributed by atoms with Crippen molar-refractivity contribution >= 4 is 0 Å². The highest BCUT2D eigenvalue weighted by atomic mass is 16.7. The highest BCUT2D eigenvalue weighted by Crippen LogP contribution is 2.42. The highest BCUT2D eigenvalue weighted by Gasteiger charge is 2.21. The molecule has 2 aromatic carbocycles. The number of phenols is 1. The van der Waals surface area contributed by atoms with Crippen molar-refractivity contribution in [3.8, 4) is 28.7 Å². The van der Waals surface area contributed by atoms with Crippen LogP contribution in [-0.4, -0.2) is 18.7 Å². The smallest absolute Gasteiger partial charge is 0.231 e. The Balaban J connectivity index is 1.42. The number of hydrogen-bond donors (Lipinski definition) is 1. The molecular formula is C20H22O5. The summed E-state index contributed by atoms with van der Waals surface area (Å²) in [6.45, 7) is 4.96. The van der Waals surface area contributed by atoms with Crippen LogP contribution in [0, 0.1) is 11.8 Å². The van der Waals surface area contributed by atoms with Gasteiger partial charge in [-0.05, 0) is 60.1 Å². The van der Waals surface area contributed by atoms with E-state index in [1.807, 2.05) is 12.1 Å². The summed E-state index contributed by atoms with van der Waals surface area (Å²) in [6, 6.07) is 9.88. The Bertz CT molecular complexity index is 786. The zero-order chi connectivity index (χ0) is 17.4. The second-order valence-electron chi connectivity index (χ2n) is 6.90. The number of aromatic hydroxyl groups is 1. The van der Waals surface area contributed by atoms with E-state index in [1.165, 1.54) is 5.56 Å². The summed E-state index contributed by atoms with van der Waals surface area (Å²) in [5, 5.41) is 10.1. The first kappa shape index (κ1) is 15.9. The summed E-state index contributed by atoms with van der Waals surface area (Å²) in [7, 11) is 0. The number of ether oxygens (including phenoxy) is 4. The van der Waals surface area contributed by atoms with Gasteiger partial charge in [0.25, 0.3) is 0 Å². The van der Waals surface area contributed by atoms with Gasteiger partial charge in [-0.3, -0.25) is 0 Å². The summed E-state index contributed by atoms with van der Waals surface area (Å²) < 4.78 is 21.5. The van der Waals surface area contributed by atoms with Gasteiger partial charge in [0.15, 0.2) is 23.0 Å². The number of benzene rings is 2. The highest BCUT2D eigenvalue weighted by molar-refractivity contribution is 5.54. The molecule has 0 spiro atoms. The van der Waals surface area contributed by atoms with E-state index < -0.39 is 0 Å². The van der Waals surface area contributed by atoms with Gasteiger partial charge in [0.05, 0.1) is 0 Å². The van der Waals surface area contributed by atoms with Gasteiger partial charge in [-0.2, -0.15) is 0 Å². The zero-order valence-corrected chi connectivity index (χ0v) is 14.5. The molecule has 2 aliphatic heterocycles. The van der Waals surface area contributed by atoms with Crippen molar-refractivity contribution in [3.05, 3.63) is 41.5 Å². The second-order valence-corrected chi connectivity index (χ2v) is 6.90. The molecule has 5 heteroatoms. The van der Waals surface area contributed by atoms with Crippen molar-refractivity contribution in [1.82, 2.24) is 0 Å². The Labute approximate surface area is 147 Å². The van der Waals surface area contributed by atoms with Crippen LogP contribution < -0.4 is 18.9 Å². The maximum absolute atomic E-state index is 10.1. The molecule has 1 N–H and O–H groups in total. The van der Waals surface area contributed by atoms with Crippen LogP contribution >= 0.6 is 0 Å². The molecule has 0 amide bonds. The summed E-state index contributed by atoms with van der Waals surface area (Å²) in [4.78, 5) is 0. The van der Waals surface area contributed by atoms with Gasteiger partial charge >= 0.3 is 0 Å². The summed E-state index contributed by atoms with van der Waals surface area (Å²) in [5.74, 6) is 3.81. The van der Waals surface area contributed by atoms with Crippen molar-refractivity contribution in [2.75, 3.05) is 13.6 Å². The molecule has 0 fully saturated rings. The van der Waals surface area contributed by atoms with Crippen LogP contribution in [0.3, 0.4) is 0 Å². The SMILES string of the molecule is CC(Cc1ccc2c(c1)OCO2)C(C)Cc1cc(O)c2c(c1)OCO2. The molecule has 0 saturated heterocycles. The van der Waals surface area contributed by atoms with Gasteiger partial charge in [0.1, 0.15) is 0 Å². The summed E-state index contributed by atoms with van der Waals surface area (Å²) in [6.07, 6.45) is 1.84. The average molecular weight is 342 g/mol. The van der Waals surface area contributed by atoms with Crippen LogP contribution in [0.15, 0.2) is 30.3 Å². The standard InChI is InChI=1S/C20H22O5/c1-12(5-14-3-4-17-18(8-14)23-10-22-17)13(2)6-15-7-16(21)20-19(9-15)24-11-25-20/h3-4,7-9,12-13,21H,5-6,10-11H2,1-2H3. The summed E-state index contributed by atoms with van der Waals surface area (Å²) in [5.41, 5.74) is 2.31. The lowest BCUT2D eigenvalue weighted by Gasteiger charge is -2.20. The third-order valence-electron chi connectivity index (χ3n) is 5.04. The lowest BCUT2D eigenvalue weighted by Crippen LogP contribution is -2.13. The number of fused-ring (bicyclic) bond motifs is 2. The van der Waals surface area contributed by atoms with Crippen LogP contribution in [0.2, 0.25) is 0 Å². The quantitative estimate of drug-likeness (QED) is 0.893. The molecule has 25 heavy (non-hydrogen) atoms. The topological polar surface area (TPSA) is 57.2 Å². The predicted octanol–water partition coefficient (Wildman–Crippen LogP) is 3.91. The molecule has 4 rings (SSSR count). The Morgan fingerprint density at radius 1 is 0.800 bits per heavy atom. The Hall–Kier alpha value is -2.56. The molecule has 0 bridgehead atoms. The van der Waals surface area contributed by atoms with Gasteiger partial charge in [-0.1, -0.05) is 19.9 Å². The predicted molar refractivity (Wildman–Crippen MR) is 92.5 cm³/mol. The molecule has 2 aromatic rings. The maximum Gasteiger partial charge on any atom is 0.231 e. The lowest BCUT2D eigenvalue weighted by molar-refractivity contribution is 0.171. The van der Waals surface area contributed by atoms with Crippen LogP contribution in [0.4, 0.5) is 0 Å². The molecule has 0 radical (unpaired) electrons. The van der Waals surface area contributed by atoms with Gasteiger partial charge < -0.3 is 24.1 Å². The third-order valence-corrected chi connectivity index (χ3v) is 5.04. The normalized spacial score (nSPS) is 16.7. The molecule has 2 atom stereocenters. The van der Waals surface area contributed by atoms with Crippen molar-refractivity contribution in [3.63, 3.8) is 0 Å². The molecule has 2 unspecified atom stereocenters. The fourth-order valence-corrected chi connectivity index (χ4v) is 3.38. The lowest BCUT2D eigenvalue weighted by atomic mass is 9.85. The summed E-state index contributed by atoms with van der Waals surface area (Å²) >= 11 is 0. The van der Waals surface area contributed by atoms with E-state index in [2.05, 4.69) is 26.0 Å². The molecule has 5 nitrogen and oxygen atoms in total. The van der Waals surface area contributed by atoms with Crippen LogP contribution in [0.1, 0.15) is 25.0 Å². The minimum Gasteiger partial charge on any atom is -0.504 e. The number of phenolic OH excluding ortho intramolecular Hbond substituents is 1. The minimum absolute atomic E-state index is 0.153. The second kappa shape index (κ2) is 6.39. The van der Waals surface area contributed by atoms with Crippen LogP contribution in [0.25, 0.3) is 0 Å². The number of rotatable bonds is 5. The minimum atomic E-state index is 0.153. The Morgan fingerprint density at radius 3 is 2.28 bits per heavy atom. The van der Waals surface area contributed by atoms with Gasteiger partial charge in [0, 0.05) is 0 Å². The Morgan fingerprint density at radius 2 is 1.44 bits per heavy atom. The van der Waals surface area contributed by atoms with E-state index in [9.17, 15) is 5.11 Å². The molecular weight excluding hydrogens is 320 g/mol. The monoisotopic (exact) mass is 342 g/mol. The van der Waals surface area contributed by atoms with Crippen molar-refractivity contribution in [2.24, 2.45) is 11.8 Å². The molecule has 0 saturated carbocycles. The average Bonchev–Trinajstić information content (AvgIpc) is 3.23. The molecule has 0 aromatic heterocycles. The fourth-order valence-electron chi connectivity index (χ4n) is 3.38. The van der Waals surface area contributed by atoms with Crippen LogP contribution in [0.5, 0.6) is 28.7 Å². The van der Waals surface area contributed by atoms with Gasteiger partial charge in [-0.25, -0.2) is 0 Å². The van der Waals surface area contributed by atoms with Gasteiger partial charge in [-0.15, -0.1) is 0 Å².